The molecule has 118 valence electrons. The Kier molecular flexibility index (Phi) is 4.11. The minimum Gasteiger partial charge on any atom is -0.356 e. The molecule has 0 bridgehead atoms. The number of amides is 2. The Labute approximate surface area is 128 Å². The lowest BCUT2D eigenvalue weighted by atomic mass is 9.97. The monoisotopic (exact) mass is 306 g/mol. The predicted molar refractivity (Wildman–Crippen MR) is 77.4 cm³/mol. The molecule has 1 aromatic carbocycles. The highest BCUT2D eigenvalue weighted by Crippen LogP contribution is 2.31. The Morgan fingerprint density at radius 3 is 2.91 bits per heavy atom. The number of benzene rings is 1. The van der Waals surface area contributed by atoms with Crippen molar-refractivity contribution in [2.45, 2.75) is 25.0 Å². The Bertz CT molecular complexity index is 589. The third kappa shape index (κ3) is 3.11. The molecule has 1 aromatic rings. The highest BCUT2D eigenvalue weighted by atomic mass is 19.1. The molecule has 2 aliphatic rings. The van der Waals surface area contributed by atoms with E-state index in [1.54, 1.807) is 19.2 Å². The first-order valence-corrected chi connectivity index (χ1v) is 7.46. The lowest BCUT2D eigenvalue weighted by molar-refractivity contribution is -0.162. The maximum atomic E-state index is 13.5. The molecule has 1 saturated heterocycles. The molecule has 0 radical (unpaired) electrons. The van der Waals surface area contributed by atoms with Gasteiger partial charge in [0.05, 0.1) is 6.04 Å². The Morgan fingerprint density at radius 1 is 1.45 bits per heavy atom. The van der Waals surface area contributed by atoms with Gasteiger partial charge in [0.1, 0.15) is 12.4 Å². The molecule has 22 heavy (non-hydrogen) atoms. The molecule has 2 fully saturated rings. The van der Waals surface area contributed by atoms with Gasteiger partial charge in [0.15, 0.2) is 6.10 Å². The van der Waals surface area contributed by atoms with Gasteiger partial charge in [-0.15, -0.1) is 0 Å². The van der Waals surface area contributed by atoms with E-state index in [1.807, 2.05) is 0 Å². The molecule has 1 heterocycles. The summed E-state index contributed by atoms with van der Waals surface area (Å²) in [6.45, 7) is 0.496. The van der Waals surface area contributed by atoms with Crippen LogP contribution in [0.4, 0.5) is 4.39 Å². The molecule has 1 saturated carbocycles. The van der Waals surface area contributed by atoms with Crippen LogP contribution in [0.3, 0.4) is 0 Å². The van der Waals surface area contributed by atoms with Crippen LogP contribution in [-0.4, -0.2) is 43.0 Å². The number of nitrogens with zero attached hydrogens (tertiary/aromatic N) is 1. The molecule has 2 amide bonds. The fourth-order valence-corrected chi connectivity index (χ4v) is 2.69. The van der Waals surface area contributed by atoms with Crippen molar-refractivity contribution in [2.24, 2.45) is 5.92 Å². The smallest absolute Gasteiger partial charge is 0.251 e. The topological polar surface area (TPSA) is 58.6 Å². The summed E-state index contributed by atoms with van der Waals surface area (Å²) in [6, 6.07) is 5.32. The van der Waals surface area contributed by atoms with Crippen molar-refractivity contribution >= 4 is 11.8 Å². The second-order valence-electron chi connectivity index (χ2n) is 5.92. The molecule has 1 aliphatic carbocycles. The van der Waals surface area contributed by atoms with Gasteiger partial charge in [-0.1, -0.05) is 12.1 Å². The van der Waals surface area contributed by atoms with Gasteiger partial charge in [-0.3, -0.25) is 9.59 Å². The Hall–Kier alpha value is -1.95. The number of likely N-dealkylation sites (N-methyl/N-ethyl adjacent to an activating group) is 1. The van der Waals surface area contributed by atoms with Crippen LogP contribution in [0.25, 0.3) is 0 Å². The number of hydrogen-bond donors (Lipinski definition) is 1. The summed E-state index contributed by atoms with van der Waals surface area (Å²) < 4.78 is 18.9. The molecule has 6 heteroatoms. The summed E-state index contributed by atoms with van der Waals surface area (Å²) in [4.78, 5) is 25.7. The van der Waals surface area contributed by atoms with Crippen molar-refractivity contribution in [3.63, 3.8) is 0 Å². The van der Waals surface area contributed by atoms with E-state index < -0.39 is 18.0 Å². The second-order valence-corrected chi connectivity index (χ2v) is 5.92. The van der Waals surface area contributed by atoms with Gasteiger partial charge in [-0.05, 0) is 36.5 Å². The van der Waals surface area contributed by atoms with Gasteiger partial charge in [0.25, 0.3) is 5.91 Å². The van der Waals surface area contributed by atoms with Crippen molar-refractivity contribution in [3.05, 3.63) is 35.6 Å². The summed E-state index contributed by atoms with van der Waals surface area (Å²) in [5.41, 5.74) is 0.558. The molecule has 2 atom stereocenters. The van der Waals surface area contributed by atoms with E-state index >= 15 is 0 Å². The van der Waals surface area contributed by atoms with Crippen molar-refractivity contribution in [3.8, 4) is 0 Å². The van der Waals surface area contributed by atoms with Crippen molar-refractivity contribution < 1.29 is 18.7 Å². The number of morpholine rings is 1. The SMILES string of the molecule is CN1C(=O)COC(C(=O)NCC2CC2)C1c1cccc(F)c1. The van der Waals surface area contributed by atoms with E-state index in [1.165, 1.54) is 17.0 Å². The van der Waals surface area contributed by atoms with Gasteiger partial charge in [0, 0.05) is 13.6 Å². The molecule has 5 nitrogen and oxygen atoms in total. The van der Waals surface area contributed by atoms with Gasteiger partial charge in [-0.25, -0.2) is 4.39 Å². The third-order valence-corrected chi connectivity index (χ3v) is 4.19. The average Bonchev–Trinajstić information content (AvgIpc) is 3.31. The molecular formula is C16H19FN2O3. The van der Waals surface area contributed by atoms with E-state index in [2.05, 4.69) is 5.32 Å². The first kappa shape index (κ1) is 15.0. The molecule has 0 spiro atoms. The number of carbonyl (C=O) groups is 2. The lowest BCUT2D eigenvalue weighted by Gasteiger charge is -2.38. The summed E-state index contributed by atoms with van der Waals surface area (Å²) in [5, 5.41) is 2.87. The number of carbonyl (C=O) groups excluding carboxylic acids is 2. The Morgan fingerprint density at radius 2 is 2.23 bits per heavy atom. The normalized spacial score (nSPS) is 25.2. The fraction of sp³-hybridized carbons (Fsp3) is 0.500. The fourth-order valence-electron chi connectivity index (χ4n) is 2.69. The molecule has 0 aromatic heterocycles. The first-order valence-electron chi connectivity index (χ1n) is 7.46. The molecular weight excluding hydrogens is 287 g/mol. The van der Waals surface area contributed by atoms with Crippen LogP contribution < -0.4 is 5.32 Å². The average molecular weight is 306 g/mol. The van der Waals surface area contributed by atoms with Gasteiger partial charge in [-0.2, -0.15) is 0 Å². The zero-order valence-corrected chi connectivity index (χ0v) is 12.4. The quantitative estimate of drug-likeness (QED) is 0.911. The summed E-state index contributed by atoms with van der Waals surface area (Å²) in [5.74, 6) is -0.318. The summed E-state index contributed by atoms with van der Waals surface area (Å²) in [6.07, 6.45) is 1.46. The van der Waals surface area contributed by atoms with Gasteiger partial charge in [0.2, 0.25) is 5.91 Å². The van der Waals surface area contributed by atoms with Crippen LogP contribution >= 0.6 is 0 Å². The maximum absolute atomic E-state index is 13.5. The largest absolute Gasteiger partial charge is 0.356 e. The van der Waals surface area contributed by atoms with Crippen molar-refractivity contribution in [2.75, 3.05) is 20.2 Å². The number of ether oxygens (including phenoxy) is 1. The summed E-state index contributed by atoms with van der Waals surface area (Å²) >= 11 is 0. The number of hydrogen-bond acceptors (Lipinski definition) is 3. The highest BCUT2D eigenvalue weighted by molar-refractivity contribution is 5.86. The van der Waals surface area contributed by atoms with E-state index in [-0.39, 0.29) is 18.4 Å². The molecule has 1 aliphatic heterocycles. The van der Waals surface area contributed by atoms with E-state index in [0.717, 1.165) is 12.8 Å². The van der Waals surface area contributed by atoms with Crippen molar-refractivity contribution in [1.82, 2.24) is 10.2 Å². The summed E-state index contributed by atoms with van der Waals surface area (Å²) in [7, 11) is 1.61. The van der Waals surface area contributed by atoms with Crippen LogP contribution in [-0.2, 0) is 14.3 Å². The van der Waals surface area contributed by atoms with E-state index in [4.69, 9.17) is 4.74 Å². The maximum Gasteiger partial charge on any atom is 0.251 e. The standard InChI is InChI=1S/C16H19FN2O3/c1-19-13(20)9-22-15(16(21)18-8-10-5-6-10)14(19)11-3-2-4-12(17)7-11/h2-4,7,10,14-15H,5-6,8-9H2,1H3,(H,18,21). The van der Waals surface area contributed by atoms with Crippen LogP contribution in [0.1, 0.15) is 24.4 Å². The van der Waals surface area contributed by atoms with Crippen LogP contribution in [0.15, 0.2) is 24.3 Å². The lowest BCUT2D eigenvalue weighted by Crippen LogP contribution is -2.53. The minimum atomic E-state index is -0.816. The molecule has 3 rings (SSSR count). The second kappa shape index (κ2) is 6.04. The van der Waals surface area contributed by atoms with Crippen LogP contribution in [0.2, 0.25) is 0 Å². The van der Waals surface area contributed by atoms with Crippen molar-refractivity contribution in [1.29, 1.82) is 0 Å². The predicted octanol–water partition coefficient (Wildman–Crippen LogP) is 1.25. The van der Waals surface area contributed by atoms with Crippen LogP contribution in [0.5, 0.6) is 0 Å². The first-order chi connectivity index (χ1) is 10.6. The van der Waals surface area contributed by atoms with E-state index in [0.29, 0.717) is 18.0 Å². The minimum absolute atomic E-state index is 0.135. The number of nitrogens with one attached hydrogen (secondary N) is 1. The van der Waals surface area contributed by atoms with Gasteiger partial charge < -0.3 is 15.0 Å². The zero-order valence-electron chi connectivity index (χ0n) is 12.4. The van der Waals surface area contributed by atoms with E-state index in [9.17, 15) is 14.0 Å². The molecule has 1 N–H and O–H groups in total. The zero-order chi connectivity index (χ0) is 15.7. The number of halogens is 1. The molecule has 2 unspecified atom stereocenters. The Balaban J connectivity index is 1.81. The van der Waals surface area contributed by atoms with Crippen LogP contribution in [0, 0.1) is 11.7 Å². The number of rotatable bonds is 4. The third-order valence-electron chi connectivity index (χ3n) is 4.19. The van der Waals surface area contributed by atoms with Gasteiger partial charge >= 0.3 is 0 Å². The highest BCUT2D eigenvalue weighted by Gasteiger charge is 2.40.